The van der Waals surface area contributed by atoms with Gasteiger partial charge in [-0.3, -0.25) is 9.59 Å². The van der Waals surface area contributed by atoms with Crippen LogP contribution < -0.4 is 0 Å². The van der Waals surface area contributed by atoms with Crippen LogP contribution >= 0.6 is 58.2 Å². The molecule has 0 heterocycles. The van der Waals surface area contributed by atoms with Crippen molar-refractivity contribution in [2.45, 2.75) is 21.6 Å². The van der Waals surface area contributed by atoms with Crippen LogP contribution in [-0.4, -0.2) is 22.2 Å². The minimum atomic E-state index is -1.08. The summed E-state index contributed by atoms with van der Waals surface area (Å²) < 4.78 is 0. The van der Waals surface area contributed by atoms with Crippen LogP contribution in [0.25, 0.3) is 22.3 Å². The summed E-state index contributed by atoms with van der Waals surface area (Å²) in [5.74, 6) is -4.22. The third-order valence-electron chi connectivity index (χ3n) is 6.46. The van der Waals surface area contributed by atoms with E-state index in [1.54, 1.807) is 72.8 Å². The van der Waals surface area contributed by atoms with E-state index in [2.05, 4.69) is 13.2 Å². The SMILES string of the molecule is C=CC(C(=O)O)c1ccc(Sc2ccc(C(C=C)C(=O)O)c(-c3ccccc3Cl)c2Cl)c(Cl)c1-c1ccccc1Cl. The Labute approximate surface area is 261 Å². The number of hydrogen-bond donors (Lipinski definition) is 2. The number of rotatable bonds is 10. The molecule has 4 aromatic rings. The van der Waals surface area contributed by atoms with Gasteiger partial charge in [0, 0.05) is 42.1 Å². The maximum Gasteiger partial charge on any atom is 0.314 e. The molecule has 0 aliphatic rings. The standard InChI is InChI=1S/C32H22Cl4O4S/c1-3-17(31(37)38)19-13-15-25(29(35)27(19)21-9-5-7-11-23(21)33)41-26-16-14-20(18(4-2)32(39)40)28(30(26)36)22-10-6-8-12-24(22)34/h3-18H,1-2H2,(H,37,38)(H,39,40). The zero-order valence-corrected chi connectivity index (χ0v) is 25.1. The fourth-order valence-electron chi connectivity index (χ4n) is 4.54. The Hall–Kier alpha value is -3.19. The molecule has 9 heteroatoms. The van der Waals surface area contributed by atoms with E-state index in [0.29, 0.717) is 53.2 Å². The van der Waals surface area contributed by atoms with Gasteiger partial charge >= 0.3 is 11.9 Å². The third kappa shape index (κ3) is 6.20. The largest absolute Gasteiger partial charge is 0.481 e. The molecule has 0 saturated heterocycles. The van der Waals surface area contributed by atoms with Gasteiger partial charge in [-0.25, -0.2) is 0 Å². The summed E-state index contributed by atoms with van der Waals surface area (Å²) in [5.41, 5.74) is 2.93. The highest BCUT2D eigenvalue weighted by atomic mass is 35.5. The van der Waals surface area contributed by atoms with Crippen molar-refractivity contribution in [1.82, 2.24) is 0 Å². The second-order valence-corrected chi connectivity index (χ2v) is 11.5. The average Bonchev–Trinajstić information content (AvgIpc) is 2.93. The Morgan fingerprint density at radius 3 is 1.32 bits per heavy atom. The van der Waals surface area contributed by atoms with Gasteiger partial charge in [-0.2, -0.15) is 0 Å². The highest BCUT2D eigenvalue weighted by molar-refractivity contribution is 7.99. The number of aliphatic carboxylic acids is 2. The predicted octanol–water partition coefficient (Wildman–Crippen LogP) is 10.5. The van der Waals surface area contributed by atoms with Crippen molar-refractivity contribution in [3.63, 3.8) is 0 Å². The molecule has 0 amide bonds. The van der Waals surface area contributed by atoms with Crippen molar-refractivity contribution in [2.24, 2.45) is 0 Å². The van der Waals surface area contributed by atoms with E-state index in [0.717, 1.165) is 0 Å². The maximum absolute atomic E-state index is 12.1. The first-order valence-electron chi connectivity index (χ1n) is 12.1. The zero-order valence-electron chi connectivity index (χ0n) is 21.3. The van der Waals surface area contributed by atoms with Crippen LogP contribution in [0, 0.1) is 0 Å². The minimum absolute atomic E-state index is 0.280. The van der Waals surface area contributed by atoms with E-state index >= 15 is 0 Å². The lowest BCUT2D eigenvalue weighted by Crippen LogP contribution is -2.11. The number of benzene rings is 4. The van der Waals surface area contributed by atoms with Gasteiger partial charge in [-0.05, 0) is 35.4 Å². The monoisotopic (exact) mass is 642 g/mol. The number of carboxylic acids is 2. The predicted molar refractivity (Wildman–Crippen MR) is 169 cm³/mol. The molecule has 4 rings (SSSR count). The van der Waals surface area contributed by atoms with Gasteiger partial charge in [-0.1, -0.05) is 119 Å². The molecule has 0 spiro atoms. The number of carbonyl (C=O) groups is 2. The lowest BCUT2D eigenvalue weighted by atomic mass is 9.90. The molecular formula is C32H22Cl4O4S. The fraction of sp³-hybridized carbons (Fsp3) is 0.0625. The molecule has 0 aromatic heterocycles. The van der Waals surface area contributed by atoms with Crippen LogP contribution in [0.15, 0.2) is 108 Å². The molecule has 2 atom stereocenters. The van der Waals surface area contributed by atoms with Crippen molar-refractivity contribution in [3.8, 4) is 22.3 Å². The van der Waals surface area contributed by atoms with E-state index in [1.165, 1.54) is 23.9 Å². The molecule has 208 valence electrons. The van der Waals surface area contributed by atoms with Crippen molar-refractivity contribution in [3.05, 3.63) is 129 Å². The van der Waals surface area contributed by atoms with Crippen LogP contribution in [0.1, 0.15) is 23.0 Å². The summed E-state index contributed by atoms with van der Waals surface area (Å²) in [6.07, 6.45) is 2.68. The second kappa shape index (κ2) is 13.2. The van der Waals surface area contributed by atoms with E-state index < -0.39 is 23.8 Å². The van der Waals surface area contributed by atoms with Crippen LogP contribution in [0.2, 0.25) is 20.1 Å². The maximum atomic E-state index is 12.1. The van der Waals surface area contributed by atoms with Gasteiger partial charge in [-0.15, -0.1) is 13.2 Å². The van der Waals surface area contributed by atoms with E-state index in [1.807, 2.05) is 0 Å². The number of carboxylic acid groups (broad SMARTS) is 2. The van der Waals surface area contributed by atoms with Crippen molar-refractivity contribution >= 4 is 70.1 Å². The quantitative estimate of drug-likeness (QED) is 0.168. The van der Waals surface area contributed by atoms with Gasteiger partial charge in [0.25, 0.3) is 0 Å². The summed E-state index contributed by atoms with van der Waals surface area (Å²) in [4.78, 5) is 25.3. The first kappa shape index (κ1) is 30.8. The summed E-state index contributed by atoms with van der Waals surface area (Å²) in [6.45, 7) is 7.39. The van der Waals surface area contributed by atoms with Crippen LogP contribution in [0.4, 0.5) is 0 Å². The van der Waals surface area contributed by atoms with Crippen LogP contribution in [-0.2, 0) is 9.59 Å². The van der Waals surface area contributed by atoms with Gasteiger partial charge in [0.15, 0.2) is 0 Å². The van der Waals surface area contributed by atoms with Crippen LogP contribution in [0.5, 0.6) is 0 Å². The highest BCUT2D eigenvalue weighted by Gasteiger charge is 2.27. The lowest BCUT2D eigenvalue weighted by Gasteiger charge is -2.21. The van der Waals surface area contributed by atoms with E-state index in [-0.39, 0.29) is 10.0 Å². The Balaban J connectivity index is 1.94. The minimum Gasteiger partial charge on any atom is -0.481 e. The molecule has 0 saturated carbocycles. The first-order valence-corrected chi connectivity index (χ1v) is 14.5. The summed E-state index contributed by atoms with van der Waals surface area (Å²) in [7, 11) is 0. The van der Waals surface area contributed by atoms with Gasteiger partial charge in [0.2, 0.25) is 0 Å². The molecule has 0 aliphatic carbocycles. The lowest BCUT2D eigenvalue weighted by molar-refractivity contribution is -0.138. The van der Waals surface area contributed by atoms with Crippen molar-refractivity contribution in [1.29, 1.82) is 0 Å². The smallest absolute Gasteiger partial charge is 0.314 e. The Morgan fingerprint density at radius 1 is 0.634 bits per heavy atom. The summed E-state index contributed by atoms with van der Waals surface area (Å²) in [6, 6.07) is 20.8. The number of hydrogen-bond acceptors (Lipinski definition) is 3. The zero-order chi connectivity index (χ0) is 29.8. The first-order chi connectivity index (χ1) is 19.6. The van der Waals surface area contributed by atoms with Crippen molar-refractivity contribution < 1.29 is 19.8 Å². The molecule has 4 aromatic carbocycles. The number of halogens is 4. The molecule has 4 nitrogen and oxygen atoms in total. The Morgan fingerprint density at radius 2 is 1.00 bits per heavy atom. The molecule has 0 fully saturated rings. The van der Waals surface area contributed by atoms with Crippen molar-refractivity contribution in [2.75, 3.05) is 0 Å². The van der Waals surface area contributed by atoms with Crippen LogP contribution in [0.3, 0.4) is 0 Å². The Bertz CT molecular complexity index is 1560. The van der Waals surface area contributed by atoms with E-state index in [4.69, 9.17) is 46.4 Å². The molecule has 0 bridgehead atoms. The highest BCUT2D eigenvalue weighted by Crippen LogP contribution is 2.49. The fourth-order valence-corrected chi connectivity index (χ4v) is 6.67. The Kier molecular flexibility index (Phi) is 9.90. The molecular weight excluding hydrogens is 622 g/mol. The molecule has 41 heavy (non-hydrogen) atoms. The van der Waals surface area contributed by atoms with Gasteiger partial charge < -0.3 is 10.2 Å². The summed E-state index contributed by atoms with van der Waals surface area (Å²) in [5, 5.41) is 21.1. The molecule has 0 radical (unpaired) electrons. The average molecular weight is 644 g/mol. The second-order valence-electron chi connectivity index (χ2n) is 8.85. The molecule has 2 N–H and O–H groups in total. The normalized spacial score (nSPS) is 12.4. The molecule has 0 aliphatic heterocycles. The molecule has 2 unspecified atom stereocenters. The third-order valence-corrected chi connectivity index (χ3v) is 9.25. The topological polar surface area (TPSA) is 74.6 Å². The van der Waals surface area contributed by atoms with Gasteiger partial charge in [0.05, 0.1) is 10.0 Å². The summed E-state index contributed by atoms with van der Waals surface area (Å²) >= 11 is 28.3. The van der Waals surface area contributed by atoms with Gasteiger partial charge in [0.1, 0.15) is 11.8 Å². The van der Waals surface area contributed by atoms with E-state index in [9.17, 15) is 19.8 Å².